The van der Waals surface area contributed by atoms with E-state index >= 15 is 0 Å². The van der Waals surface area contributed by atoms with Crippen molar-refractivity contribution in [2.45, 2.75) is 26.0 Å². The van der Waals surface area contributed by atoms with Gasteiger partial charge in [-0.1, -0.05) is 48.5 Å². The molecule has 3 aromatic carbocycles. The number of carbonyl (C=O) groups is 2. The summed E-state index contributed by atoms with van der Waals surface area (Å²) in [6, 6.07) is 18.9. The van der Waals surface area contributed by atoms with Crippen LogP contribution in [0.1, 0.15) is 37.5 Å². The average Bonchev–Trinajstić information content (AvgIpc) is 2.91. The molecule has 1 aromatic heterocycles. The maximum absolute atomic E-state index is 13.4. The van der Waals surface area contributed by atoms with Crippen LogP contribution < -0.4 is 21.3 Å². The second-order valence-corrected chi connectivity index (χ2v) is 8.87. The number of alkyl halides is 3. The molecule has 41 heavy (non-hydrogen) atoms. The van der Waals surface area contributed by atoms with E-state index in [0.29, 0.717) is 11.1 Å². The summed E-state index contributed by atoms with van der Waals surface area (Å²) in [6.07, 6.45) is -5.11. The predicted molar refractivity (Wildman–Crippen MR) is 140 cm³/mol. The van der Waals surface area contributed by atoms with E-state index in [4.69, 9.17) is 0 Å². The lowest BCUT2D eigenvalue weighted by atomic mass is 10.1. The molecule has 2 amide bonds. The Morgan fingerprint density at radius 3 is 2.29 bits per heavy atom. The van der Waals surface area contributed by atoms with Gasteiger partial charge < -0.3 is 25.0 Å². The van der Waals surface area contributed by atoms with Crippen molar-refractivity contribution in [1.29, 1.82) is 0 Å². The molecule has 0 saturated heterocycles. The Kier molecular flexibility index (Phi) is 8.56. The first-order valence-corrected chi connectivity index (χ1v) is 12.1. The van der Waals surface area contributed by atoms with Crippen molar-refractivity contribution in [2.75, 3.05) is 0 Å². The highest BCUT2D eigenvalue weighted by Crippen LogP contribution is 2.29. The van der Waals surface area contributed by atoms with E-state index in [0.717, 1.165) is 17.0 Å². The first-order chi connectivity index (χ1) is 19.5. The first-order valence-electron chi connectivity index (χ1n) is 12.1. The summed E-state index contributed by atoms with van der Waals surface area (Å²) >= 11 is 0. The average molecular weight is 569 g/mol. The van der Waals surface area contributed by atoms with Gasteiger partial charge in [0.1, 0.15) is 17.2 Å². The third kappa shape index (κ3) is 8.08. The minimum Gasteiger partial charge on any atom is -0.508 e. The molecule has 4 rings (SSSR count). The standard InChI is InChI=1S/C28H23F3N4O6/c29-28(30,31)41-23-12-19(25(38)32-14-18-7-4-8-21(36)11-18)9-10-20(23)16-35(15-17-5-2-1-3-6-17)26(39)22-13-24(37)34-27(40)33-22/h1-13,36H,14-16H2,(H,32,38)(H2,33,34,37,40). The molecular formula is C28H23F3N4O6. The summed E-state index contributed by atoms with van der Waals surface area (Å²) in [4.78, 5) is 54.9. The molecule has 13 heteroatoms. The van der Waals surface area contributed by atoms with Crippen LogP contribution in [0.4, 0.5) is 13.2 Å². The maximum atomic E-state index is 13.4. The molecule has 1 heterocycles. The summed E-state index contributed by atoms with van der Waals surface area (Å²) in [5, 5.41) is 12.1. The van der Waals surface area contributed by atoms with E-state index in [1.807, 2.05) is 4.98 Å². The van der Waals surface area contributed by atoms with Gasteiger partial charge in [0.25, 0.3) is 17.4 Å². The highest BCUT2D eigenvalue weighted by molar-refractivity contribution is 5.95. The summed E-state index contributed by atoms with van der Waals surface area (Å²) in [5.41, 5.74) is -1.18. The molecule has 0 atom stereocenters. The SMILES string of the molecule is O=C(NCc1cccc(O)c1)c1ccc(CN(Cc2ccccc2)C(=O)c2cc(=O)[nH]c(=O)[nH]2)c(OC(F)(F)F)c1. The maximum Gasteiger partial charge on any atom is 0.573 e. The van der Waals surface area contributed by atoms with Crippen LogP contribution in [-0.4, -0.2) is 38.2 Å². The summed E-state index contributed by atoms with van der Waals surface area (Å²) in [5.74, 6) is -2.26. The van der Waals surface area contributed by atoms with Gasteiger partial charge in [-0.2, -0.15) is 0 Å². The number of aromatic hydroxyl groups is 1. The monoisotopic (exact) mass is 568 g/mol. The van der Waals surface area contributed by atoms with E-state index in [2.05, 4.69) is 15.0 Å². The van der Waals surface area contributed by atoms with Gasteiger partial charge in [-0.15, -0.1) is 13.2 Å². The number of benzene rings is 3. The number of ether oxygens (including phenoxy) is 1. The quantitative estimate of drug-likeness (QED) is 0.244. The zero-order valence-corrected chi connectivity index (χ0v) is 21.2. The molecule has 10 nitrogen and oxygen atoms in total. The Hall–Kier alpha value is -5.33. The number of carbonyl (C=O) groups excluding carboxylic acids is 2. The second-order valence-electron chi connectivity index (χ2n) is 8.87. The number of rotatable bonds is 9. The van der Waals surface area contributed by atoms with Gasteiger partial charge in [0.05, 0.1) is 6.54 Å². The van der Waals surface area contributed by atoms with Gasteiger partial charge >= 0.3 is 12.1 Å². The highest BCUT2D eigenvalue weighted by Gasteiger charge is 2.33. The van der Waals surface area contributed by atoms with Crippen molar-refractivity contribution in [3.63, 3.8) is 0 Å². The Labute approximate surface area is 230 Å². The molecule has 0 unspecified atom stereocenters. The van der Waals surface area contributed by atoms with Crippen molar-refractivity contribution < 1.29 is 32.6 Å². The zero-order valence-electron chi connectivity index (χ0n) is 21.2. The van der Waals surface area contributed by atoms with Crippen LogP contribution in [0.25, 0.3) is 0 Å². The number of nitrogens with zero attached hydrogens (tertiary/aromatic N) is 1. The van der Waals surface area contributed by atoms with E-state index in [-0.39, 0.29) is 35.7 Å². The molecule has 0 aliphatic rings. The number of hydrogen-bond donors (Lipinski definition) is 4. The van der Waals surface area contributed by atoms with Crippen molar-refractivity contribution in [3.8, 4) is 11.5 Å². The fraction of sp³-hybridized carbons (Fsp3) is 0.143. The Balaban J connectivity index is 1.65. The van der Waals surface area contributed by atoms with Crippen LogP contribution in [0.2, 0.25) is 0 Å². The first kappa shape index (κ1) is 28.7. The van der Waals surface area contributed by atoms with Gasteiger partial charge in [0.2, 0.25) is 0 Å². The molecule has 0 aliphatic heterocycles. The van der Waals surface area contributed by atoms with Crippen molar-refractivity contribution in [2.24, 2.45) is 0 Å². The molecule has 0 aliphatic carbocycles. The van der Waals surface area contributed by atoms with E-state index in [1.54, 1.807) is 42.5 Å². The zero-order chi connectivity index (χ0) is 29.6. The minimum atomic E-state index is -5.11. The number of halogens is 3. The van der Waals surface area contributed by atoms with E-state index in [1.165, 1.54) is 24.3 Å². The van der Waals surface area contributed by atoms with Crippen LogP contribution in [-0.2, 0) is 19.6 Å². The van der Waals surface area contributed by atoms with Gasteiger partial charge in [0, 0.05) is 30.3 Å². The molecule has 4 N–H and O–H groups in total. The van der Waals surface area contributed by atoms with Gasteiger partial charge in [-0.25, -0.2) is 4.79 Å². The third-order valence-electron chi connectivity index (χ3n) is 5.77. The van der Waals surface area contributed by atoms with Crippen molar-refractivity contribution in [3.05, 3.63) is 128 Å². The number of phenols is 1. The van der Waals surface area contributed by atoms with E-state index in [9.17, 15) is 37.5 Å². The molecule has 4 aromatic rings. The molecule has 212 valence electrons. The normalized spacial score (nSPS) is 11.1. The third-order valence-corrected chi connectivity index (χ3v) is 5.77. The van der Waals surface area contributed by atoms with Crippen LogP contribution in [0, 0.1) is 0 Å². The molecule has 0 fully saturated rings. The number of amides is 2. The molecule has 0 spiro atoms. The minimum absolute atomic E-state index is 0.00178. The smallest absolute Gasteiger partial charge is 0.508 e. The fourth-order valence-electron chi connectivity index (χ4n) is 3.96. The number of nitrogens with one attached hydrogen (secondary N) is 3. The second kappa shape index (κ2) is 12.2. The summed E-state index contributed by atoms with van der Waals surface area (Å²) in [6.45, 7) is -0.524. The fourth-order valence-corrected chi connectivity index (χ4v) is 3.96. The van der Waals surface area contributed by atoms with E-state index < -0.39 is 41.7 Å². The number of aromatic amines is 2. The van der Waals surface area contributed by atoms with Gasteiger partial charge in [-0.05, 0) is 35.4 Å². The topological polar surface area (TPSA) is 145 Å². The van der Waals surface area contributed by atoms with Crippen molar-refractivity contribution >= 4 is 11.8 Å². The van der Waals surface area contributed by atoms with Crippen LogP contribution >= 0.6 is 0 Å². The molecule has 0 bridgehead atoms. The number of hydrogen-bond acceptors (Lipinski definition) is 6. The molecule has 0 radical (unpaired) electrons. The Morgan fingerprint density at radius 2 is 1.61 bits per heavy atom. The van der Waals surface area contributed by atoms with Gasteiger partial charge in [0.15, 0.2) is 0 Å². The lowest BCUT2D eigenvalue weighted by Crippen LogP contribution is -2.34. The predicted octanol–water partition coefficient (Wildman–Crippen LogP) is 3.44. The van der Waals surface area contributed by atoms with Crippen LogP contribution in [0.15, 0.2) is 88.5 Å². The lowest BCUT2D eigenvalue weighted by molar-refractivity contribution is -0.275. The highest BCUT2D eigenvalue weighted by atomic mass is 19.4. The number of H-pyrrole nitrogens is 2. The van der Waals surface area contributed by atoms with Gasteiger partial charge in [-0.3, -0.25) is 19.4 Å². The summed E-state index contributed by atoms with van der Waals surface area (Å²) in [7, 11) is 0. The largest absolute Gasteiger partial charge is 0.573 e. The number of phenolic OH excluding ortho intramolecular Hbond substituents is 1. The van der Waals surface area contributed by atoms with Crippen LogP contribution in [0.5, 0.6) is 11.5 Å². The molecular weight excluding hydrogens is 545 g/mol. The van der Waals surface area contributed by atoms with Crippen LogP contribution in [0.3, 0.4) is 0 Å². The Morgan fingerprint density at radius 1 is 0.878 bits per heavy atom. The van der Waals surface area contributed by atoms with Crippen molar-refractivity contribution in [1.82, 2.24) is 20.2 Å². The Bertz CT molecular complexity index is 1640. The molecule has 0 saturated carbocycles. The lowest BCUT2D eigenvalue weighted by Gasteiger charge is -2.24. The number of aromatic nitrogens is 2. The summed E-state index contributed by atoms with van der Waals surface area (Å²) < 4.78 is 44.3.